The normalized spacial score (nSPS) is 17.9. The van der Waals surface area contributed by atoms with Crippen LogP contribution in [0, 0.1) is 0 Å². The fourth-order valence-corrected chi connectivity index (χ4v) is 1.64. The third-order valence-electron chi connectivity index (χ3n) is 2.79. The molecule has 0 bridgehead atoms. The van der Waals surface area contributed by atoms with Gasteiger partial charge in [-0.25, -0.2) is 0 Å². The number of aromatic nitrogens is 2. The fraction of sp³-hybridized carbons (Fsp3) is 0.455. The van der Waals surface area contributed by atoms with E-state index >= 15 is 0 Å². The summed E-state index contributed by atoms with van der Waals surface area (Å²) in [6.45, 7) is 4.10. The Morgan fingerprint density at radius 1 is 1.53 bits per heavy atom. The molecule has 0 radical (unpaired) electrons. The van der Waals surface area contributed by atoms with Gasteiger partial charge in [0.1, 0.15) is 12.9 Å². The van der Waals surface area contributed by atoms with Gasteiger partial charge in [0.25, 0.3) is 5.89 Å². The van der Waals surface area contributed by atoms with E-state index in [-0.39, 0.29) is 5.60 Å². The van der Waals surface area contributed by atoms with Crippen molar-refractivity contribution in [3.05, 3.63) is 24.5 Å². The Labute approximate surface area is 98.0 Å². The van der Waals surface area contributed by atoms with Crippen LogP contribution in [0.1, 0.15) is 12.8 Å². The van der Waals surface area contributed by atoms with Gasteiger partial charge in [-0.05, 0) is 13.0 Å². The third kappa shape index (κ3) is 2.09. The van der Waals surface area contributed by atoms with Crippen molar-refractivity contribution in [1.82, 2.24) is 15.5 Å². The van der Waals surface area contributed by atoms with Crippen LogP contribution < -0.4 is 5.32 Å². The van der Waals surface area contributed by atoms with Gasteiger partial charge in [-0.3, -0.25) is 0 Å². The average molecular weight is 235 g/mol. The first kappa shape index (κ1) is 10.5. The van der Waals surface area contributed by atoms with Gasteiger partial charge in [-0.2, -0.15) is 4.98 Å². The quantitative estimate of drug-likeness (QED) is 0.858. The number of hydrogen-bond acceptors (Lipinski definition) is 6. The molecule has 2 aromatic rings. The van der Waals surface area contributed by atoms with Crippen LogP contribution in [-0.4, -0.2) is 28.8 Å². The second-order valence-electron chi connectivity index (χ2n) is 4.37. The topological polar surface area (TPSA) is 73.3 Å². The first-order valence-corrected chi connectivity index (χ1v) is 5.45. The summed E-state index contributed by atoms with van der Waals surface area (Å²) in [5.41, 5.74) is 0.695. The zero-order valence-corrected chi connectivity index (χ0v) is 9.47. The van der Waals surface area contributed by atoms with Gasteiger partial charge in [-0.15, -0.1) is 0 Å². The highest BCUT2D eigenvalue weighted by Gasteiger charge is 2.33. The summed E-state index contributed by atoms with van der Waals surface area (Å²) in [7, 11) is 0. The molecule has 0 aromatic carbocycles. The smallest absolute Gasteiger partial charge is 0.252 e. The van der Waals surface area contributed by atoms with Crippen molar-refractivity contribution in [2.24, 2.45) is 0 Å². The van der Waals surface area contributed by atoms with Gasteiger partial charge < -0.3 is 19.0 Å². The monoisotopic (exact) mass is 235 g/mol. The van der Waals surface area contributed by atoms with E-state index < -0.39 is 0 Å². The third-order valence-corrected chi connectivity index (χ3v) is 2.79. The van der Waals surface area contributed by atoms with E-state index in [9.17, 15) is 0 Å². The summed E-state index contributed by atoms with van der Waals surface area (Å²) >= 11 is 0. The highest BCUT2D eigenvalue weighted by Crippen LogP contribution is 2.19. The Morgan fingerprint density at radius 2 is 2.41 bits per heavy atom. The molecule has 0 saturated carbocycles. The number of nitrogens with zero attached hydrogens (tertiary/aromatic N) is 2. The molecule has 1 aliphatic rings. The molecule has 6 nitrogen and oxygen atoms in total. The van der Waals surface area contributed by atoms with Crippen molar-refractivity contribution >= 4 is 0 Å². The Balaban J connectivity index is 1.65. The maximum Gasteiger partial charge on any atom is 0.252 e. The maximum absolute atomic E-state index is 5.70. The van der Waals surface area contributed by atoms with Crippen molar-refractivity contribution in [3.63, 3.8) is 0 Å². The molecule has 1 N–H and O–H groups in total. The molecular formula is C11H13N3O3. The van der Waals surface area contributed by atoms with Crippen molar-refractivity contribution in [2.75, 3.05) is 13.1 Å². The van der Waals surface area contributed by atoms with Gasteiger partial charge in [-0.1, -0.05) is 5.16 Å². The van der Waals surface area contributed by atoms with Crippen LogP contribution in [0.4, 0.5) is 0 Å². The number of nitrogens with one attached hydrogen (secondary N) is 1. The summed E-state index contributed by atoms with van der Waals surface area (Å²) in [5, 5.41) is 7.02. The Hall–Kier alpha value is -1.66. The summed E-state index contributed by atoms with van der Waals surface area (Å²) in [6, 6.07) is 1.78. The van der Waals surface area contributed by atoms with Crippen molar-refractivity contribution in [2.45, 2.75) is 19.1 Å². The molecule has 90 valence electrons. The summed E-state index contributed by atoms with van der Waals surface area (Å²) < 4.78 is 15.8. The predicted octanol–water partition coefficient (Wildman–Crippen LogP) is 1.21. The van der Waals surface area contributed by atoms with Crippen LogP contribution in [0.2, 0.25) is 0 Å². The SMILES string of the molecule is CC1(OCc2nc(-c3ccoc3)no2)CNC1. The largest absolute Gasteiger partial charge is 0.472 e. The zero-order valence-electron chi connectivity index (χ0n) is 9.47. The lowest BCUT2D eigenvalue weighted by Gasteiger charge is -2.38. The van der Waals surface area contributed by atoms with Crippen molar-refractivity contribution in [1.29, 1.82) is 0 Å². The molecule has 2 aromatic heterocycles. The molecular weight excluding hydrogens is 222 g/mol. The van der Waals surface area contributed by atoms with Gasteiger partial charge in [0.15, 0.2) is 0 Å². The molecule has 0 aliphatic carbocycles. The van der Waals surface area contributed by atoms with Crippen LogP contribution in [0.5, 0.6) is 0 Å². The Bertz CT molecular complexity index is 488. The van der Waals surface area contributed by atoms with Crippen LogP contribution in [0.3, 0.4) is 0 Å². The lowest BCUT2D eigenvalue weighted by atomic mass is 10.0. The molecule has 6 heteroatoms. The molecule has 1 aliphatic heterocycles. The molecule has 0 unspecified atom stereocenters. The van der Waals surface area contributed by atoms with Crippen LogP contribution >= 0.6 is 0 Å². The second-order valence-corrected chi connectivity index (χ2v) is 4.37. The van der Waals surface area contributed by atoms with Gasteiger partial charge in [0, 0.05) is 13.1 Å². The molecule has 0 spiro atoms. The Morgan fingerprint density at radius 3 is 3.06 bits per heavy atom. The molecule has 3 heterocycles. The number of hydrogen-bond donors (Lipinski definition) is 1. The lowest BCUT2D eigenvalue weighted by Crippen LogP contribution is -2.58. The number of rotatable bonds is 4. The highest BCUT2D eigenvalue weighted by molar-refractivity contribution is 5.51. The van der Waals surface area contributed by atoms with E-state index in [0.717, 1.165) is 18.7 Å². The molecule has 0 amide bonds. The highest BCUT2D eigenvalue weighted by atomic mass is 16.5. The van der Waals surface area contributed by atoms with E-state index in [1.54, 1.807) is 18.6 Å². The van der Waals surface area contributed by atoms with E-state index in [2.05, 4.69) is 22.4 Å². The lowest BCUT2D eigenvalue weighted by molar-refractivity contribution is -0.0841. The minimum absolute atomic E-state index is 0.107. The minimum Gasteiger partial charge on any atom is -0.472 e. The Kier molecular flexibility index (Phi) is 2.45. The average Bonchev–Trinajstić information content (AvgIpc) is 2.93. The summed E-state index contributed by atoms with van der Waals surface area (Å²) in [6.07, 6.45) is 3.15. The van der Waals surface area contributed by atoms with E-state index in [1.165, 1.54) is 0 Å². The van der Waals surface area contributed by atoms with Gasteiger partial charge in [0.2, 0.25) is 5.82 Å². The van der Waals surface area contributed by atoms with Crippen LogP contribution in [0.25, 0.3) is 11.4 Å². The van der Waals surface area contributed by atoms with Crippen molar-refractivity contribution in [3.8, 4) is 11.4 Å². The fourth-order valence-electron chi connectivity index (χ4n) is 1.64. The molecule has 3 rings (SSSR count). The molecule has 0 atom stereocenters. The summed E-state index contributed by atoms with van der Waals surface area (Å²) in [5.74, 6) is 1.00. The van der Waals surface area contributed by atoms with E-state index in [1.807, 2.05) is 0 Å². The van der Waals surface area contributed by atoms with Crippen molar-refractivity contribution < 1.29 is 13.7 Å². The van der Waals surface area contributed by atoms with E-state index in [0.29, 0.717) is 18.3 Å². The number of furan rings is 1. The first-order valence-electron chi connectivity index (χ1n) is 5.45. The summed E-state index contributed by atoms with van der Waals surface area (Å²) in [4.78, 5) is 4.23. The molecule has 17 heavy (non-hydrogen) atoms. The molecule has 1 saturated heterocycles. The molecule has 1 fully saturated rings. The van der Waals surface area contributed by atoms with Gasteiger partial charge in [0.05, 0.1) is 17.4 Å². The van der Waals surface area contributed by atoms with Crippen LogP contribution in [-0.2, 0) is 11.3 Å². The predicted molar refractivity (Wildman–Crippen MR) is 58.1 cm³/mol. The zero-order chi connectivity index (χ0) is 11.7. The number of ether oxygens (including phenoxy) is 1. The van der Waals surface area contributed by atoms with E-state index in [4.69, 9.17) is 13.7 Å². The first-order chi connectivity index (χ1) is 8.25. The minimum atomic E-state index is -0.107. The maximum atomic E-state index is 5.70. The standard InChI is InChI=1S/C11H13N3O3/c1-11(6-12-7-11)16-5-9-13-10(14-17-9)8-2-3-15-4-8/h2-4,12H,5-7H2,1H3. The van der Waals surface area contributed by atoms with Crippen LogP contribution in [0.15, 0.2) is 27.5 Å². The van der Waals surface area contributed by atoms with Gasteiger partial charge >= 0.3 is 0 Å². The second kappa shape index (κ2) is 3.97.